The lowest BCUT2D eigenvalue weighted by molar-refractivity contribution is -0.0493. The predicted molar refractivity (Wildman–Crippen MR) is 64.0 cm³/mol. The number of nitrogens with zero attached hydrogens (tertiary/aromatic N) is 1. The molecule has 1 heterocycles. The van der Waals surface area contributed by atoms with E-state index in [0.717, 1.165) is 19.6 Å². The van der Waals surface area contributed by atoms with Crippen molar-refractivity contribution in [3.63, 3.8) is 0 Å². The van der Waals surface area contributed by atoms with E-state index >= 15 is 0 Å². The molecule has 90 valence electrons. The van der Waals surface area contributed by atoms with Gasteiger partial charge in [-0.25, -0.2) is 0 Å². The van der Waals surface area contributed by atoms with Crippen molar-refractivity contribution in [1.82, 2.24) is 4.90 Å². The van der Waals surface area contributed by atoms with Crippen molar-refractivity contribution in [1.29, 1.82) is 0 Å². The molecule has 1 fully saturated rings. The molecule has 2 N–H and O–H groups in total. The molecule has 0 radical (unpaired) electrons. The third kappa shape index (κ3) is 2.92. The fraction of sp³-hybridized carbons (Fsp3) is 1.00. The Balaban J connectivity index is 2.62. The molecule has 3 heteroatoms. The molecule has 1 aliphatic rings. The van der Waals surface area contributed by atoms with Gasteiger partial charge in [-0.3, -0.25) is 4.90 Å². The second-order valence-electron chi connectivity index (χ2n) is 4.83. The first-order chi connectivity index (χ1) is 7.16. The Morgan fingerprint density at radius 2 is 2.27 bits per heavy atom. The van der Waals surface area contributed by atoms with E-state index in [1.54, 1.807) is 0 Å². The summed E-state index contributed by atoms with van der Waals surface area (Å²) in [6.45, 7) is 6.93. The smallest absolute Gasteiger partial charge is 0.0662 e. The normalized spacial score (nSPS) is 29.4. The third-order valence-electron chi connectivity index (χ3n) is 3.80. The Hall–Kier alpha value is -0.120. The second kappa shape index (κ2) is 5.83. The van der Waals surface area contributed by atoms with Gasteiger partial charge in [-0.2, -0.15) is 0 Å². The average molecular weight is 214 g/mol. The number of likely N-dealkylation sites (N-methyl/N-ethyl adjacent to an activating group) is 1. The van der Waals surface area contributed by atoms with E-state index in [0.29, 0.717) is 12.6 Å². The van der Waals surface area contributed by atoms with Crippen LogP contribution in [0.1, 0.15) is 39.5 Å². The Morgan fingerprint density at radius 1 is 1.53 bits per heavy atom. The van der Waals surface area contributed by atoms with Crippen molar-refractivity contribution >= 4 is 0 Å². The standard InChI is InChI=1S/C12H26N2O/c1-4-6-11(2)14(3)12(9-13)7-5-8-15-10-12/h11H,4-10,13H2,1-3H3. The number of rotatable bonds is 5. The lowest BCUT2D eigenvalue weighted by atomic mass is 9.89. The third-order valence-corrected chi connectivity index (χ3v) is 3.80. The topological polar surface area (TPSA) is 38.5 Å². The highest BCUT2D eigenvalue weighted by Crippen LogP contribution is 2.27. The lowest BCUT2D eigenvalue weighted by Crippen LogP contribution is -2.59. The fourth-order valence-corrected chi connectivity index (χ4v) is 2.50. The highest BCUT2D eigenvalue weighted by Gasteiger charge is 2.37. The summed E-state index contributed by atoms with van der Waals surface area (Å²) in [7, 11) is 2.20. The average Bonchev–Trinajstić information content (AvgIpc) is 2.29. The second-order valence-corrected chi connectivity index (χ2v) is 4.83. The van der Waals surface area contributed by atoms with Gasteiger partial charge >= 0.3 is 0 Å². The van der Waals surface area contributed by atoms with Gasteiger partial charge in [0.1, 0.15) is 0 Å². The molecular weight excluding hydrogens is 188 g/mol. The highest BCUT2D eigenvalue weighted by molar-refractivity contribution is 4.94. The molecule has 0 aromatic heterocycles. The van der Waals surface area contributed by atoms with Gasteiger partial charge in [0.25, 0.3) is 0 Å². The Labute approximate surface area is 94.0 Å². The van der Waals surface area contributed by atoms with Crippen molar-refractivity contribution in [3.8, 4) is 0 Å². The van der Waals surface area contributed by atoms with Crippen molar-refractivity contribution < 1.29 is 4.74 Å². The van der Waals surface area contributed by atoms with Crippen LogP contribution >= 0.6 is 0 Å². The zero-order chi connectivity index (χ0) is 11.3. The molecule has 2 atom stereocenters. The summed E-state index contributed by atoms with van der Waals surface area (Å²) in [4.78, 5) is 2.44. The van der Waals surface area contributed by atoms with Gasteiger partial charge in [-0.15, -0.1) is 0 Å². The van der Waals surface area contributed by atoms with Crippen LogP contribution in [0.4, 0.5) is 0 Å². The van der Waals surface area contributed by atoms with E-state index in [1.165, 1.54) is 19.3 Å². The molecular formula is C12H26N2O. The van der Waals surface area contributed by atoms with Crippen LogP contribution in [0.25, 0.3) is 0 Å². The van der Waals surface area contributed by atoms with Crippen molar-refractivity contribution in [3.05, 3.63) is 0 Å². The first-order valence-electron chi connectivity index (χ1n) is 6.17. The van der Waals surface area contributed by atoms with Gasteiger partial charge in [0.05, 0.1) is 12.1 Å². The van der Waals surface area contributed by atoms with E-state index < -0.39 is 0 Å². The first-order valence-corrected chi connectivity index (χ1v) is 6.17. The number of hydrogen-bond acceptors (Lipinski definition) is 3. The maximum absolute atomic E-state index is 5.95. The Kier molecular flexibility index (Phi) is 5.03. The van der Waals surface area contributed by atoms with Gasteiger partial charge in [0, 0.05) is 19.2 Å². The van der Waals surface area contributed by atoms with E-state index in [1.807, 2.05) is 0 Å². The van der Waals surface area contributed by atoms with Gasteiger partial charge in [-0.1, -0.05) is 13.3 Å². The minimum atomic E-state index is 0.0901. The van der Waals surface area contributed by atoms with E-state index in [-0.39, 0.29) is 5.54 Å². The molecule has 1 rings (SSSR count). The van der Waals surface area contributed by atoms with Gasteiger partial charge in [-0.05, 0) is 33.2 Å². The molecule has 0 saturated carbocycles. The van der Waals surface area contributed by atoms with Crippen LogP contribution in [-0.2, 0) is 4.74 Å². The van der Waals surface area contributed by atoms with Crippen LogP contribution in [0.5, 0.6) is 0 Å². The lowest BCUT2D eigenvalue weighted by Gasteiger charge is -2.46. The van der Waals surface area contributed by atoms with Gasteiger partial charge in [0.2, 0.25) is 0 Å². The first kappa shape index (κ1) is 12.9. The Bertz CT molecular complexity index is 178. The number of nitrogens with two attached hydrogens (primary N) is 1. The Morgan fingerprint density at radius 3 is 2.73 bits per heavy atom. The quantitative estimate of drug-likeness (QED) is 0.755. The maximum atomic E-state index is 5.95. The summed E-state index contributed by atoms with van der Waals surface area (Å²) < 4.78 is 5.60. The van der Waals surface area contributed by atoms with E-state index in [4.69, 9.17) is 10.5 Å². The van der Waals surface area contributed by atoms with Crippen LogP contribution in [0.2, 0.25) is 0 Å². The predicted octanol–water partition coefficient (Wildman–Crippen LogP) is 1.61. The molecule has 3 nitrogen and oxygen atoms in total. The summed E-state index contributed by atoms with van der Waals surface area (Å²) in [5.41, 5.74) is 6.04. The summed E-state index contributed by atoms with van der Waals surface area (Å²) in [5.74, 6) is 0. The van der Waals surface area contributed by atoms with Crippen molar-refractivity contribution in [2.45, 2.75) is 51.1 Å². The summed E-state index contributed by atoms with van der Waals surface area (Å²) in [6, 6.07) is 0.597. The van der Waals surface area contributed by atoms with E-state index in [2.05, 4.69) is 25.8 Å². The monoisotopic (exact) mass is 214 g/mol. The minimum absolute atomic E-state index is 0.0901. The minimum Gasteiger partial charge on any atom is -0.379 e. The van der Waals surface area contributed by atoms with Crippen LogP contribution in [-0.4, -0.2) is 43.3 Å². The molecule has 0 bridgehead atoms. The molecule has 0 aromatic rings. The molecule has 0 spiro atoms. The highest BCUT2D eigenvalue weighted by atomic mass is 16.5. The number of ether oxygens (including phenoxy) is 1. The summed E-state index contributed by atoms with van der Waals surface area (Å²) >= 11 is 0. The van der Waals surface area contributed by atoms with Crippen molar-refractivity contribution in [2.24, 2.45) is 5.73 Å². The molecule has 0 aliphatic carbocycles. The number of hydrogen-bond donors (Lipinski definition) is 1. The fourth-order valence-electron chi connectivity index (χ4n) is 2.50. The van der Waals surface area contributed by atoms with Gasteiger partial charge < -0.3 is 10.5 Å². The SMILES string of the molecule is CCCC(C)N(C)C1(CN)CCCOC1. The largest absolute Gasteiger partial charge is 0.379 e. The zero-order valence-electron chi connectivity index (χ0n) is 10.5. The molecule has 0 aromatic carbocycles. The molecule has 0 amide bonds. The van der Waals surface area contributed by atoms with Gasteiger partial charge in [0.15, 0.2) is 0 Å². The summed E-state index contributed by atoms with van der Waals surface area (Å²) in [5, 5.41) is 0. The molecule has 2 unspecified atom stereocenters. The maximum Gasteiger partial charge on any atom is 0.0662 e. The van der Waals surface area contributed by atoms with Crippen LogP contribution < -0.4 is 5.73 Å². The zero-order valence-corrected chi connectivity index (χ0v) is 10.5. The summed E-state index contributed by atoms with van der Waals surface area (Å²) in [6.07, 6.45) is 4.78. The molecule has 15 heavy (non-hydrogen) atoms. The van der Waals surface area contributed by atoms with E-state index in [9.17, 15) is 0 Å². The van der Waals surface area contributed by atoms with Crippen molar-refractivity contribution in [2.75, 3.05) is 26.8 Å². The molecule has 1 aliphatic heterocycles. The van der Waals surface area contributed by atoms with Crippen LogP contribution in [0.15, 0.2) is 0 Å². The van der Waals surface area contributed by atoms with Crippen LogP contribution in [0, 0.1) is 0 Å². The van der Waals surface area contributed by atoms with Crippen LogP contribution in [0.3, 0.4) is 0 Å². The molecule has 1 saturated heterocycles.